The second-order valence-electron chi connectivity index (χ2n) is 4.18. The van der Waals surface area contributed by atoms with E-state index in [0.717, 1.165) is 0 Å². The molecule has 0 aromatic carbocycles. The van der Waals surface area contributed by atoms with E-state index in [0.29, 0.717) is 15.8 Å². The highest BCUT2D eigenvalue weighted by molar-refractivity contribution is 7.14. The van der Waals surface area contributed by atoms with Crippen molar-refractivity contribution < 1.29 is 9.59 Å². The van der Waals surface area contributed by atoms with Gasteiger partial charge in [-0.3, -0.25) is 9.59 Å². The van der Waals surface area contributed by atoms with E-state index in [2.05, 4.69) is 27.2 Å². The Labute approximate surface area is 122 Å². The molecule has 6 nitrogen and oxygen atoms in total. The summed E-state index contributed by atoms with van der Waals surface area (Å²) in [6.45, 7) is 3.77. The molecule has 8 heteroatoms. The third-order valence-corrected chi connectivity index (χ3v) is 4.29. The van der Waals surface area contributed by atoms with Crippen molar-refractivity contribution in [2.24, 2.45) is 11.8 Å². The van der Waals surface area contributed by atoms with Crippen molar-refractivity contribution in [1.82, 2.24) is 9.97 Å². The van der Waals surface area contributed by atoms with E-state index >= 15 is 0 Å². The van der Waals surface area contributed by atoms with E-state index in [-0.39, 0.29) is 11.8 Å². The van der Waals surface area contributed by atoms with Gasteiger partial charge in [0.15, 0.2) is 10.3 Å². The Morgan fingerprint density at radius 1 is 1.00 bits per heavy atom. The van der Waals surface area contributed by atoms with Crippen LogP contribution in [0.5, 0.6) is 0 Å². The smallest absolute Gasteiger partial charge is 0.234 e. The van der Waals surface area contributed by atoms with E-state index < -0.39 is 11.8 Å². The first-order chi connectivity index (χ1) is 9.66. The molecule has 3 rings (SSSR count). The van der Waals surface area contributed by atoms with Gasteiger partial charge in [-0.2, -0.15) is 0 Å². The van der Waals surface area contributed by atoms with Gasteiger partial charge in [0.2, 0.25) is 11.8 Å². The first kappa shape index (κ1) is 12.9. The molecule has 1 aliphatic rings. The maximum Gasteiger partial charge on any atom is 0.234 e. The highest BCUT2D eigenvalue weighted by Gasteiger charge is 2.52. The van der Waals surface area contributed by atoms with Crippen LogP contribution in [-0.4, -0.2) is 21.8 Å². The highest BCUT2D eigenvalue weighted by Crippen LogP contribution is 2.45. The molecule has 2 aromatic heterocycles. The Hall–Kier alpha value is -2.06. The average molecular weight is 306 g/mol. The normalized spacial score (nSPS) is 20.5. The lowest BCUT2D eigenvalue weighted by atomic mass is 10.3. The molecule has 0 radical (unpaired) electrons. The number of thiazole rings is 2. The molecule has 0 aliphatic heterocycles. The Kier molecular flexibility index (Phi) is 3.33. The summed E-state index contributed by atoms with van der Waals surface area (Å²) < 4.78 is 0. The number of aromatic nitrogens is 2. The molecule has 2 heterocycles. The van der Waals surface area contributed by atoms with E-state index in [4.69, 9.17) is 0 Å². The third-order valence-electron chi connectivity index (χ3n) is 2.91. The molecule has 1 fully saturated rings. The van der Waals surface area contributed by atoms with Gasteiger partial charge >= 0.3 is 0 Å². The van der Waals surface area contributed by atoms with Crippen molar-refractivity contribution in [2.75, 3.05) is 10.6 Å². The van der Waals surface area contributed by atoms with E-state index in [1.807, 2.05) is 0 Å². The second-order valence-corrected chi connectivity index (χ2v) is 5.97. The fraction of sp³-hybridized carbons (Fsp3) is 0.167. The molecular weight excluding hydrogens is 296 g/mol. The topological polar surface area (TPSA) is 84.0 Å². The number of rotatable bonds is 4. The standard InChI is InChI=1S/C12H10N4O2S2/c1-6-7(9(17)15-11-13-2-4-19-11)8(6)10(18)16-12-14-3-5-20-12/h2-5,7-8H,1H2,(H,13,15,17)(H,14,16,18)/t7-,8?/m0/s1. The molecule has 0 spiro atoms. The molecule has 2 atom stereocenters. The average Bonchev–Trinajstić information content (AvgIpc) is 2.84. The fourth-order valence-electron chi connectivity index (χ4n) is 1.89. The number of nitrogens with one attached hydrogen (secondary N) is 2. The second kappa shape index (κ2) is 5.14. The monoisotopic (exact) mass is 306 g/mol. The largest absolute Gasteiger partial charge is 0.301 e. The fourth-order valence-corrected chi connectivity index (χ4v) is 2.95. The Morgan fingerprint density at radius 3 is 1.80 bits per heavy atom. The molecule has 0 bridgehead atoms. The maximum absolute atomic E-state index is 12.0. The zero-order chi connectivity index (χ0) is 14.1. The number of nitrogens with zero attached hydrogens (tertiary/aromatic N) is 2. The SMILES string of the molecule is C=C1C(C(=O)Nc2nccs2)[C@H]1C(=O)Nc1nccs1. The summed E-state index contributed by atoms with van der Waals surface area (Å²) in [5.41, 5.74) is 0.619. The van der Waals surface area contributed by atoms with Crippen LogP contribution < -0.4 is 10.6 Å². The van der Waals surface area contributed by atoms with Gasteiger partial charge in [-0.1, -0.05) is 12.2 Å². The van der Waals surface area contributed by atoms with Crippen LogP contribution in [0.1, 0.15) is 0 Å². The summed E-state index contributed by atoms with van der Waals surface area (Å²) in [5, 5.41) is 9.92. The molecule has 20 heavy (non-hydrogen) atoms. The van der Waals surface area contributed by atoms with Crippen LogP contribution in [0.2, 0.25) is 0 Å². The van der Waals surface area contributed by atoms with E-state index in [9.17, 15) is 9.59 Å². The first-order valence-corrected chi connectivity index (χ1v) is 7.52. The summed E-state index contributed by atoms with van der Waals surface area (Å²) in [4.78, 5) is 31.9. The number of amides is 2. The molecule has 0 saturated heterocycles. The van der Waals surface area contributed by atoms with Crippen molar-refractivity contribution in [3.8, 4) is 0 Å². The zero-order valence-corrected chi connectivity index (χ0v) is 11.8. The van der Waals surface area contributed by atoms with Gasteiger partial charge in [0.1, 0.15) is 0 Å². The third kappa shape index (κ3) is 2.47. The van der Waals surface area contributed by atoms with Gasteiger partial charge in [-0.05, 0) is 0 Å². The van der Waals surface area contributed by atoms with Gasteiger partial charge < -0.3 is 10.6 Å². The number of hydrogen-bond acceptors (Lipinski definition) is 6. The van der Waals surface area contributed by atoms with Gasteiger partial charge in [0.25, 0.3) is 0 Å². The molecule has 1 saturated carbocycles. The van der Waals surface area contributed by atoms with Crippen molar-refractivity contribution in [3.05, 3.63) is 35.3 Å². The maximum atomic E-state index is 12.0. The van der Waals surface area contributed by atoms with Crippen LogP contribution in [-0.2, 0) is 9.59 Å². The Bertz CT molecular complexity index is 595. The minimum atomic E-state index is -0.487. The molecule has 1 unspecified atom stereocenters. The summed E-state index contributed by atoms with van der Waals surface area (Å²) in [7, 11) is 0. The van der Waals surface area contributed by atoms with Crippen LogP contribution in [0.15, 0.2) is 35.3 Å². The van der Waals surface area contributed by atoms with Gasteiger partial charge in [0, 0.05) is 23.2 Å². The summed E-state index contributed by atoms with van der Waals surface area (Å²) in [6, 6.07) is 0. The quantitative estimate of drug-likeness (QED) is 0.846. The lowest BCUT2D eigenvalue weighted by Crippen LogP contribution is -2.20. The minimum absolute atomic E-state index is 0.246. The molecule has 102 valence electrons. The number of hydrogen-bond donors (Lipinski definition) is 2. The Balaban J connectivity index is 1.61. The van der Waals surface area contributed by atoms with Gasteiger partial charge in [-0.25, -0.2) is 9.97 Å². The van der Waals surface area contributed by atoms with Crippen molar-refractivity contribution in [3.63, 3.8) is 0 Å². The molecule has 2 aromatic rings. The van der Waals surface area contributed by atoms with Crippen LogP contribution in [0.25, 0.3) is 0 Å². The molecule has 2 amide bonds. The van der Waals surface area contributed by atoms with Crippen molar-refractivity contribution in [2.45, 2.75) is 0 Å². The minimum Gasteiger partial charge on any atom is -0.301 e. The van der Waals surface area contributed by atoms with Crippen LogP contribution in [0, 0.1) is 11.8 Å². The van der Waals surface area contributed by atoms with Gasteiger partial charge in [-0.15, -0.1) is 22.7 Å². The van der Waals surface area contributed by atoms with Crippen LogP contribution in [0.4, 0.5) is 10.3 Å². The number of anilines is 2. The van der Waals surface area contributed by atoms with E-state index in [1.54, 1.807) is 23.2 Å². The van der Waals surface area contributed by atoms with Crippen LogP contribution in [0.3, 0.4) is 0 Å². The molecular formula is C12H10N4O2S2. The highest BCUT2D eigenvalue weighted by atomic mass is 32.1. The molecule has 1 aliphatic carbocycles. The number of carbonyl (C=O) groups excluding carboxylic acids is 2. The lowest BCUT2D eigenvalue weighted by Gasteiger charge is -2.01. The van der Waals surface area contributed by atoms with E-state index in [1.165, 1.54) is 22.7 Å². The predicted molar refractivity (Wildman–Crippen MR) is 77.6 cm³/mol. The van der Waals surface area contributed by atoms with Crippen LogP contribution >= 0.6 is 22.7 Å². The Morgan fingerprint density at radius 2 is 1.45 bits per heavy atom. The van der Waals surface area contributed by atoms with Crippen molar-refractivity contribution in [1.29, 1.82) is 0 Å². The summed E-state index contributed by atoms with van der Waals surface area (Å²) >= 11 is 2.66. The number of carbonyl (C=O) groups is 2. The predicted octanol–water partition coefficient (Wildman–Crippen LogP) is 1.98. The first-order valence-electron chi connectivity index (χ1n) is 5.76. The summed E-state index contributed by atoms with van der Waals surface area (Å²) in [5.74, 6) is -1.47. The zero-order valence-electron chi connectivity index (χ0n) is 10.2. The summed E-state index contributed by atoms with van der Waals surface area (Å²) in [6.07, 6.45) is 3.21. The lowest BCUT2D eigenvalue weighted by molar-refractivity contribution is -0.122. The molecule has 2 N–H and O–H groups in total. The van der Waals surface area contributed by atoms with Crippen molar-refractivity contribution >= 4 is 44.8 Å². The van der Waals surface area contributed by atoms with Gasteiger partial charge in [0.05, 0.1) is 11.8 Å².